The predicted molar refractivity (Wildman–Crippen MR) is 106 cm³/mol. The van der Waals surface area contributed by atoms with Crippen molar-refractivity contribution in [2.75, 3.05) is 13.1 Å². The molecule has 0 saturated carbocycles. The predicted octanol–water partition coefficient (Wildman–Crippen LogP) is 6.17. The molecule has 0 radical (unpaired) electrons. The Kier molecular flexibility index (Phi) is 19.9. The molecule has 2 heteroatoms. The highest BCUT2D eigenvalue weighted by molar-refractivity contribution is 4.60. The van der Waals surface area contributed by atoms with E-state index in [2.05, 4.69) is 6.92 Å². The van der Waals surface area contributed by atoms with Crippen LogP contribution >= 0.6 is 0 Å². The maximum Gasteiger partial charge on any atom is -0.00368 e. The third-order valence-corrected chi connectivity index (χ3v) is 5.13. The van der Waals surface area contributed by atoms with Crippen molar-refractivity contribution in [1.82, 2.24) is 0 Å². The molecule has 0 aliphatic heterocycles. The molecule has 0 aromatic rings. The van der Waals surface area contributed by atoms with Crippen LogP contribution in [0.3, 0.4) is 0 Å². The summed E-state index contributed by atoms with van der Waals surface area (Å²) in [6.07, 6.45) is 24.1. The summed E-state index contributed by atoms with van der Waals surface area (Å²) < 4.78 is 0. The van der Waals surface area contributed by atoms with Gasteiger partial charge in [-0.05, 0) is 25.4 Å². The summed E-state index contributed by atoms with van der Waals surface area (Å²) in [4.78, 5) is 0. The molecule has 0 saturated heterocycles. The number of nitrogens with two attached hydrogens (primary N) is 2. The van der Waals surface area contributed by atoms with Gasteiger partial charge in [-0.15, -0.1) is 0 Å². The van der Waals surface area contributed by atoms with Gasteiger partial charge >= 0.3 is 0 Å². The molecule has 0 aliphatic carbocycles. The molecule has 140 valence electrons. The van der Waals surface area contributed by atoms with Crippen molar-refractivity contribution in [1.29, 1.82) is 0 Å². The second kappa shape index (κ2) is 20.0. The Bertz CT molecular complexity index is 202. The number of rotatable bonds is 19. The molecule has 23 heavy (non-hydrogen) atoms. The maximum absolute atomic E-state index is 5.67. The lowest BCUT2D eigenvalue weighted by molar-refractivity contribution is 0.464. The fourth-order valence-electron chi connectivity index (χ4n) is 3.31. The topological polar surface area (TPSA) is 52.0 Å². The van der Waals surface area contributed by atoms with Gasteiger partial charge in [-0.1, -0.05) is 110 Å². The molecule has 0 spiro atoms. The van der Waals surface area contributed by atoms with E-state index in [9.17, 15) is 0 Å². The van der Waals surface area contributed by atoms with E-state index in [1.807, 2.05) is 0 Å². The van der Waals surface area contributed by atoms with E-state index in [1.165, 1.54) is 109 Å². The molecule has 0 aromatic heterocycles. The van der Waals surface area contributed by atoms with Crippen LogP contribution in [0.1, 0.15) is 116 Å². The lowest BCUT2D eigenvalue weighted by atomic mass is 10.00. The fraction of sp³-hybridized carbons (Fsp3) is 1.00. The van der Waals surface area contributed by atoms with Gasteiger partial charge < -0.3 is 11.5 Å². The first-order valence-corrected chi connectivity index (χ1v) is 10.7. The molecule has 0 rings (SSSR count). The van der Waals surface area contributed by atoms with Crippen molar-refractivity contribution >= 4 is 0 Å². The molecule has 0 atom stereocenters. The van der Waals surface area contributed by atoms with E-state index in [-0.39, 0.29) is 0 Å². The van der Waals surface area contributed by atoms with Gasteiger partial charge in [0.05, 0.1) is 0 Å². The number of hydrogen-bond donors (Lipinski definition) is 2. The number of unbranched alkanes of at least 4 members (excludes halogenated alkanes) is 15. The maximum atomic E-state index is 5.67. The molecular formula is C21H46N2. The van der Waals surface area contributed by atoms with Gasteiger partial charge in [-0.3, -0.25) is 0 Å². The molecule has 2 nitrogen and oxygen atoms in total. The van der Waals surface area contributed by atoms with Crippen LogP contribution in [0.5, 0.6) is 0 Å². The summed E-state index contributed by atoms with van der Waals surface area (Å²) in [5, 5.41) is 0. The van der Waals surface area contributed by atoms with E-state index in [0.717, 1.165) is 13.1 Å². The molecule has 0 fully saturated rings. The van der Waals surface area contributed by atoms with Crippen LogP contribution in [0.2, 0.25) is 0 Å². The highest BCUT2D eigenvalue weighted by atomic mass is 14.6. The zero-order valence-electron chi connectivity index (χ0n) is 16.2. The molecular weight excluding hydrogens is 280 g/mol. The summed E-state index contributed by atoms with van der Waals surface area (Å²) >= 11 is 0. The van der Waals surface area contributed by atoms with Gasteiger partial charge in [-0.25, -0.2) is 0 Å². The Morgan fingerprint density at radius 1 is 0.478 bits per heavy atom. The molecule has 0 unspecified atom stereocenters. The van der Waals surface area contributed by atoms with Crippen LogP contribution < -0.4 is 11.5 Å². The lowest BCUT2D eigenvalue weighted by Gasteiger charge is -2.11. The molecule has 4 N–H and O–H groups in total. The zero-order chi connectivity index (χ0) is 17.0. The van der Waals surface area contributed by atoms with Gasteiger partial charge in [0.2, 0.25) is 0 Å². The Labute approximate surface area is 147 Å². The van der Waals surface area contributed by atoms with E-state index < -0.39 is 0 Å². The normalized spacial score (nSPS) is 11.5. The van der Waals surface area contributed by atoms with Gasteiger partial charge in [0.1, 0.15) is 0 Å². The third-order valence-electron chi connectivity index (χ3n) is 5.13. The highest BCUT2D eigenvalue weighted by Gasteiger charge is 2.02. The summed E-state index contributed by atoms with van der Waals surface area (Å²) in [6.45, 7) is 3.81. The van der Waals surface area contributed by atoms with Crippen LogP contribution in [0.15, 0.2) is 0 Å². The van der Waals surface area contributed by atoms with Gasteiger partial charge in [0, 0.05) is 0 Å². The monoisotopic (exact) mass is 326 g/mol. The largest absolute Gasteiger partial charge is 0.330 e. The van der Waals surface area contributed by atoms with Crippen LogP contribution in [0.4, 0.5) is 0 Å². The standard InChI is InChI=1S/C21H46N2/c1-2-3-4-5-6-7-8-9-10-11-12-13-14-15-16-17-18-21(19-22)20-23/h21H,2-20,22-23H2,1H3. The number of hydrogen-bond acceptors (Lipinski definition) is 2. The summed E-state index contributed by atoms with van der Waals surface area (Å²) in [5.74, 6) is 0.557. The average molecular weight is 327 g/mol. The summed E-state index contributed by atoms with van der Waals surface area (Å²) in [7, 11) is 0. The van der Waals surface area contributed by atoms with Crippen LogP contribution in [0, 0.1) is 5.92 Å². The minimum absolute atomic E-state index is 0.557. The molecule has 0 bridgehead atoms. The smallest absolute Gasteiger partial charge is 0.00368 e. The summed E-state index contributed by atoms with van der Waals surface area (Å²) in [6, 6.07) is 0. The Morgan fingerprint density at radius 2 is 0.783 bits per heavy atom. The van der Waals surface area contributed by atoms with E-state index in [0.29, 0.717) is 5.92 Å². The third kappa shape index (κ3) is 18.1. The SMILES string of the molecule is CCCCCCCCCCCCCCCCCCC(CN)CN. The van der Waals surface area contributed by atoms with Crippen LogP contribution in [-0.4, -0.2) is 13.1 Å². The van der Waals surface area contributed by atoms with Crippen molar-refractivity contribution in [2.24, 2.45) is 17.4 Å². The van der Waals surface area contributed by atoms with Gasteiger partial charge in [-0.2, -0.15) is 0 Å². The molecule has 0 aliphatic rings. The van der Waals surface area contributed by atoms with Gasteiger partial charge in [0.25, 0.3) is 0 Å². The van der Waals surface area contributed by atoms with E-state index >= 15 is 0 Å². The fourth-order valence-corrected chi connectivity index (χ4v) is 3.31. The first kappa shape index (κ1) is 22.9. The Hall–Kier alpha value is -0.0800. The molecule has 0 heterocycles. The first-order chi connectivity index (χ1) is 11.3. The van der Waals surface area contributed by atoms with E-state index in [1.54, 1.807) is 0 Å². The zero-order valence-corrected chi connectivity index (χ0v) is 16.2. The van der Waals surface area contributed by atoms with Crippen LogP contribution in [-0.2, 0) is 0 Å². The van der Waals surface area contributed by atoms with Gasteiger partial charge in [0.15, 0.2) is 0 Å². The lowest BCUT2D eigenvalue weighted by Crippen LogP contribution is -2.22. The average Bonchev–Trinajstić information content (AvgIpc) is 2.58. The molecule has 0 aromatic carbocycles. The quantitative estimate of drug-likeness (QED) is 0.279. The van der Waals surface area contributed by atoms with Crippen molar-refractivity contribution in [2.45, 2.75) is 116 Å². The Morgan fingerprint density at radius 3 is 1.09 bits per heavy atom. The van der Waals surface area contributed by atoms with Crippen molar-refractivity contribution in [3.05, 3.63) is 0 Å². The van der Waals surface area contributed by atoms with Crippen molar-refractivity contribution < 1.29 is 0 Å². The minimum atomic E-state index is 0.557. The second-order valence-corrected chi connectivity index (χ2v) is 7.43. The van der Waals surface area contributed by atoms with E-state index in [4.69, 9.17) is 11.5 Å². The minimum Gasteiger partial charge on any atom is -0.330 e. The van der Waals surface area contributed by atoms with Crippen molar-refractivity contribution in [3.8, 4) is 0 Å². The van der Waals surface area contributed by atoms with Crippen molar-refractivity contribution in [3.63, 3.8) is 0 Å². The Balaban J connectivity index is 3.02. The second-order valence-electron chi connectivity index (χ2n) is 7.43. The highest BCUT2D eigenvalue weighted by Crippen LogP contribution is 2.14. The molecule has 0 amide bonds. The van der Waals surface area contributed by atoms with Crippen LogP contribution in [0.25, 0.3) is 0 Å². The summed E-state index contributed by atoms with van der Waals surface area (Å²) in [5.41, 5.74) is 11.3. The first-order valence-electron chi connectivity index (χ1n) is 10.7.